The molecule has 0 aromatic heterocycles. The maximum atomic E-state index is 12.0. The number of aryl methyl sites for hydroxylation is 1. The molecule has 126 valence electrons. The maximum absolute atomic E-state index is 12.0. The molecule has 0 unspecified atom stereocenters. The Labute approximate surface area is 143 Å². The average Bonchev–Trinajstić information content (AvgIpc) is 2.58. The fraction of sp³-hybridized carbons (Fsp3) is 0.263. The van der Waals surface area contributed by atoms with E-state index in [2.05, 4.69) is 46.8 Å². The fourth-order valence-corrected chi connectivity index (χ4v) is 2.31. The van der Waals surface area contributed by atoms with Gasteiger partial charge in [0.15, 0.2) is 5.96 Å². The summed E-state index contributed by atoms with van der Waals surface area (Å²) in [6, 6.07) is 17.8. The highest BCUT2D eigenvalue weighted by Crippen LogP contribution is 2.06. The number of para-hydroxylation sites is 1. The van der Waals surface area contributed by atoms with Gasteiger partial charge in [-0.15, -0.1) is 0 Å². The average molecular weight is 324 g/mol. The van der Waals surface area contributed by atoms with Crippen LogP contribution in [0.5, 0.6) is 0 Å². The minimum Gasteiger partial charge on any atom is -0.347 e. The molecule has 0 saturated carbocycles. The van der Waals surface area contributed by atoms with E-state index >= 15 is 0 Å². The Morgan fingerprint density at radius 1 is 1.08 bits per heavy atom. The van der Waals surface area contributed by atoms with Crippen molar-refractivity contribution in [2.45, 2.75) is 13.5 Å². The third-order valence-electron chi connectivity index (χ3n) is 3.58. The molecule has 5 nitrogen and oxygen atoms in total. The zero-order valence-electron chi connectivity index (χ0n) is 14.4. The van der Waals surface area contributed by atoms with Gasteiger partial charge in [-0.25, -0.2) is 0 Å². The monoisotopic (exact) mass is 324 g/mol. The van der Waals surface area contributed by atoms with E-state index in [4.69, 9.17) is 0 Å². The molecule has 2 rings (SSSR count). The van der Waals surface area contributed by atoms with Crippen molar-refractivity contribution in [2.24, 2.45) is 4.99 Å². The van der Waals surface area contributed by atoms with Crippen molar-refractivity contribution in [3.8, 4) is 0 Å². The summed E-state index contributed by atoms with van der Waals surface area (Å²) < 4.78 is 0. The van der Waals surface area contributed by atoms with Crippen molar-refractivity contribution >= 4 is 17.6 Å². The first-order chi connectivity index (χ1) is 11.6. The Morgan fingerprint density at radius 2 is 1.75 bits per heavy atom. The van der Waals surface area contributed by atoms with Gasteiger partial charge in [0.1, 0.15) is 0 Å². The van der Waals surface area contributed by atoms with Crippen molar-refractivity contribution in [1.29, 1.82) is 0 Å². The Morgan fingerprint density at radius 3 is 2.38 bits per heavy atom. The predicted molar refractivity (Wildman–Crippen MR) is 99.1 cm³/mol. The van der Waals surface area contributed by atoms with Gasteiger partial charge >= 0.3 is 0 Å². The molecule has 5 heteroatoms. The number of carbonyl (C=O) groups is 1. The van der Waals surface area contributed by atoms with E-state index in [1.54, 1.807) is 7.05 Å². The van der Waals surface area contributed by atoms with Gasteiger partial charge in [-0.1, -0.05) is 48.0 Å². The van der Waals surface area contributed by atoms with Crippen LogP contribution in [-0.2, 0) is 11.3 Å². The fourth-order valence-electron chi connectivity index (χ4n) is 2.31. The molecule has 1 amide bonds. The number of nitrogens with one attached hydrogen (secondary N) is 2. The van der Waals surface area contributed by atoms with Crippen molar-refractivity contribution in [3.63, 3.8) is 0 Å². The van der Waals surface area contributed by atoms with Gasteiger partial charge in [-0.05, 0) is 24.6 Å². The second-order valence-corrected chi connectivity index (χ2v) is 5.66. The lowest BCUT2D eigenvalue weighted by molar-refractivity contribution is -0.115. The van der Waals surface area contributed by atoms with Gasteiger partial charge in [0.2, 0.25) is 5.91 Å². The molecule has 2 N–H and O–H groups in total. The van der Waals surface area contributed by atoms with E-state index in [9.17, 15) is 4.79 Å². The Balaban J connectivity index is 1.85. The largest absolute Gasteiger partial charge is 0.347 e. The van der Waals surface area contributed by atoms with Crippen LogP contribution in [0.25, 0.3) is 0 Å². The van der Waals surface area contributed by atoms with Gasteiger partial charge in [-0.3, -0.25) is 9.79 Å². The van der Waals surface area contributed by atoms with E-state index in [1.807, 2.05) is 42.3 Å². The van der Waals surface area contributed by atoms with Crippen LogP contribution in [0, 0.1) is 6.92 Å². The van der Waals surface area contributed by atoms with Crippen molar-refractivity contribution in [3.05, 3.63) is 65.7 Å². The molecule has 0 spiro atoms. The van der Waals surface area contributed by atoms with E-state index in [0.29, 0.717) is 5.96 Å². The molecule has 0 aliphatic heterocycles. The molecule has 24 heavy (non-hydrogen) atoms. The van der Waals surface area contributed by atoms with E-state index in [0.717, 1.165) is 12.2 Å². The summed E-state index contributed by atoms with van der Waals surface area (Å²) >= 11 is 0. The van der Waals surface area contributed by atoms with Gasteiger partial charge < -0.3 is 15.5 Å². The van der Waals surface area contributed by atoms with Gasteiger partial charge in [0.05, 0.1) is 6.54 Å². The number of amides is 1. The van der Waals surface area contributed by atoms with Gasteiger partial charge in [-0.2, -0.15) is 0 Å². The molecule has 2 aromatic carbocycles. The van der Waals surface area contributed by atoms with Crippen LogP contribution < -0.4 is 10.6 Å². The Hall–Kier alpha value is -2.82. The highest BCUT2D eigenvalue weighted by atomic mass is 16.1. The van der Waals surface area contributed by atoms with Gasteiger partial charge in [0.25, 0.3) is 0 Å². The summed E-state index contributed by atoms with van der Waals surface area (Å²) in [7, 11) is 3.66. The first-order valence-electron chi connectivity index (χ1n) is 7.90. The maximum Gasteiger partial charge on any atom is 0.243 e. The lowest BCUT2D eigenvalue weighted by Crippen LogP contribution is -2.42. The molecule has 0 aliphatic rings. The lowest BCUT2D eigenvalue weighted by atomic mass is 10.1. The molecule has 2 aromatic rings. The second-order valence-electron chi connectivity index (χ2n) is 5.66. The zero-order chi connectivity index (χ0) is 17.4. The Kier molecular flexibility index (Phi) is 6.37. The topological polar surface area (TPSA) is 56.7 Å². The summed E-state index contributed by atoms with van der Waals surface area (Å²) in [6.07, 6.45) is 0. The van der Waals surface area contributed by atoms with E-state index in [1.165, 1.54) is 11.1 Å². The van der Waals surface area contributed by atoms with Crippen molar-refractivity contribution in [2.75, 3.05) is 26.0 Å². The summed E-state index contributed by atoms with van der Waals surface area (Å²) in [6.45, 7) is 2.96. The smallest absolute Gasteiger partial charge is 0.243 e. The van der Waals surface area contributed by atoms with Crippen LogP contribution in [0.15, 0.2) is 59.6 Å². The molecule has 0 heterocycles. The quantitative estimate of drug-likeness (QED) is 0.657. The van der Waals surface area contributed by atoms with Crippen LogP contribution >= 0.6 is 0 Å². The summed E-state index contributed by atoms with van der Waals surface area (Å²) in [4.78, 5) is 18.2. The minimum atomic E-state index is -0.105. The van der Waals surface area contributed by atoms with Crippen LogP contribution in [0.1, 0.15) is 11.1 Å². The summed E-state index contributed by atoms with van der Waals surface area (Å²) in [5.41, 5.74) is 3.22. The molecule has 0 radical (unpaired) electrons. The van der Waals surface area contributed by atoms with Crippen LogP contribution in [-0.4, -0.2) is 37.4 Å². The summed E-state index contributed by atoms with van der Waals surface area (Å²) in [5.74, 6) is 0.574. The number of anilines is 1. The minimum absolute atomic E-state index is 0.105. The highest BCUT2D eigenvalue weighted by Gasteiger charge is 2.09. The molecular formula is C19H24N4O. The highest BCUT2D eigenvalue weighted by molar-refractivity contribution is 5.94. The number of aliphatic imine (C=N–C) groups is 1. The van der Waals surface area contributed by atoms with E-state index < -0.39 is 0 Å². The number of hydrogen-bond donors (Lipinski definition) is 2. The third kappa shape index (κ3) is 5.43. The normalized spacial score (nSPS) is 11.0. The number of hydrogen-bond acceptors (Lipinski definition) is 2. The number of rotatable bonds is 5. The number of guanidine groups is 1. The third-order valence-corrected chi connectivity index (χ3v) is 3.58. The first kappa shape index (κ1) is 17.5. The predicted octanol–water partition coefficient (Wildman–Crippen LogP) is 2.64. The standard InChI is InChI=1S/C19H24N4O/c1-15-9-11-16(12-10-15)14-23(3)19(20-2)21-13-18(24)22-17-7-5-4-6-8-17/h4-12H,13-14H2,1-3H3,(H,20,21)(H,22,24). The SMILES string of the molecule is CN=C(NCC(=O)Nc1ccccc1)N(C)Cc1ccc(C)cc1. The second kappa shape index (κ2) is 8.72. The number of nitrogens with zero attached hydrogens (tertiary/aromatic N) is 2. The molecule has 0 bridgehead atoms. The van der Waals surface area contributed by atoms with E-state index in [-0.39, 0.29) is 12.5 Å². The number of benzene rings is 2. The van der Waals surface area contributed by atoms with Crippen LogP contribution in [0.4, 0.5) is 5.69 Å². The molecule has 0 atom stereocenters. The van der Waals surface area contributed by atoms with Crippen LogP contribution in [0.3, 0.4) is 0 Å². The first-order valence-corrected chi connectivity index (χ1v) is 7.90. The molecular weight excluding hydrogens is 300 g/mol. The van der Waals surface area contributed by atoms with Crippen molar-refractivity contribution in [1.82, 2.24) is 10.2 Å². The molecule has 0 saturated heterocycles. The summed E-state index contributed by atoms with van der Waals surface area (Å²) in [5, 5.41) is 5.93. The Bertz CT molecular complexity index is 680. The van der Waals surface area contributed by atoms with Gasteiger partial charge in [0, 0.05) is 26.3 Å². The number of carbonyl (C=O) groups excluding carboxylic acids is 1. The zero-order valence-corrected chi connectivity index (χ0v) is 14.4. The lowest BCUT2D eigenvalue weighted by Gasteiger charge is -2.22. The molecule has 0 aliphatic carbocycles. The van der Waals surface area contributed by atoms with Crippen molar-refractivity contribution < 1.29 is 4.79 Å². The molecule has 0 fully saturated rings. The van der Waals surface area contributed by atoms with Crippen LogP contribution in [0.2, 0.25) is 0 Å².